The lowest BCUT2D eigenvalue weighted by atomic mass is 10.1. The van der Waals surface area contributed by atoms with Crippen LogP contribution in [0.1, 0.15) is 16.8 Å². The molecule has 0 aliphatic carbocycles. The largest absolute Gasteiger partial charge is 0.480 e. The van der Waals surface area contributed by atoms with Gasteiger partial charge >= 0.3 is 5.97 Å². The van der Waals surface area contributed by atoms with Gasteiger partial charge in [0, 0.05) is 24.8 Å². The van der Waals surface area contributed by atoms with Gasteiger partial charge < -0.3 is 15.5 Å². The van der Waals surface area contributed by atoms with Crippen LogP contribution in [0.25, 0.3) is 0 Å². The zero-order chi connectivity index (χ0) is 15.3. The summed E-state index contributed by atoms with van der Waals surface area (Å²) in [6.07, 6.45) is 0.878. The van der Waals surface area contributed by atoms with E-state index in [0.717, 1.165) is 6.26 Å². The number of rotatable bonds is 6. The molecule has 0 fully saturated rings. The van der Waals surface area contributed by atoms with Crippen molar-refractivity contribution in [3.05, 3.63) is 29.8 Å². The predicted molar refractivity (Wildman–Crippen MR) is 70.1 cm³/mol. The first kappa shape index (κ1) is 16.1. The molecule has 3 N–H and O–H groups in total. The van der Waals surface area contributed by atoms with Gasteiger partial charge in [-0.2, -0.15) is 0 Å². The van der Waals surface area contributed by atoms with Crippen molar-refractivity contribution in [1.29, 1.82) is 0 Å². The number of hydrogen-bond donors (Lipinski definition) is 3. The Bertz CT molecular complexity index is 610. The molecule has 1 unspecified atom stereocenters. The molecule has 0 radical (unpaired) electrons. The molecule has 1 rings (SSSR count). The molecular weight excluding hydrogens is 286 g/mol. The first-order chi connectivity index (χ1) is 9.25. The summed E-state index contributed by atoms with van der Waals surface area (Å²) in [5.74, 6) is -1.98. The highest BCUT2D eigenvalue weighted by atomic mass is 32.2. The number of carboxylic acid groups (broad SMARTS) is 1. The average Bonchev–Trinajstić information content (AvgIpc) is 2.37. The van der Waals surface area contributed by atoms with Gasteiger partial charge in [0.2, 0.25) is 0 Å². The van der Waals surface area contributed by atoms with Crippen LogP contribution in [0, 0.1) is 0 Å². The Morgan fingerprint density at radius 1 is 1.35 bits per heavy atom. The molecule has 0 heterocycles. The van der Waals surface area contributed by atoms with Crippen molar-refractivity contribution >= 4 is 21.7 Å². The third-order valence-electron chi connectivity index (χ3n) is 2.55. The number of carbonyl (C=O) groups is 2. The molecule has 110 valence electrons. The fraction of sp³-hybridized carbons (Fsp3) is 0.333. The normalized spacial score (nSPS) is 12.7. The molecule has 0 aliphatic heterocycles. The Kier molecular flexibility index (Phi) is 5.23. The number of carboxylic acids is 1. The van der Waals surface area contributed by atoms with Crippen LogP contribution >= 0.6 is 0 Å². The second-order valence-corrected chi connectivity index (χ2v) is 6.19. The van der Waals surface area contributed by atoms with Gasteiger partial charge in [-0.1, -0.05) is 6.07 Å². The highest BCUT2D eigenvalue weighted by Crippen LogP contribution is 2.11. The number of hydrogen-bond acceptors (Lipinski definition) is 5. The van der Waals surface area contributed by atoms with E-state index >= 15 is 0 Å². The van der Waals surface area contributed by atoms with Gasteiger partial charge in [0.1, 0.15) is 6.04 Å². The van der Waals surface area contributed by atoms with E-state index in [4.69, 9.17) is 10.2 Å². The Balaban J connectivity index is 2.95. The van der Waals surface area contributed by atoms with Crippen LogP contribution in [0.3, 0.4) is 0 Å². The zero-order valence-electron chi connectivity index (χ0n) is 10.7. The maximum atomic E-state index is 11.9. The molecule has 0 saturated heterocycles. The van der Waals surface area contributed by atoms with E-state index < -0.39 is 27.8 Å². The summed E-state index contributed by atoms with van der Waals surface area (Å²) in [6, 6.07) is 4.06. The monoisotopic (exact) mass is 301 g/mol. The SMILES string of the molecule is CS(=O)(=O)c1cccc(C(=O)NC(CCO)C(=O)O)c1. The summed E-state index contributed by atoms with van der Waals surface area (Å²) >= 11 is 0. The number of carbonyl (C=O) groups excluding carboxylic acids is 1. The number of sulfone groups is 1. The standard InChI is InChI=1S/C12H15NO6S/c1-20(18,19)9-4-2-3-8(7-9)11(15)13-10(5-6-14)12(16)17/h2-4,7,10,14H,5-6H2,1H3,(H,13,15)(H,16,17). The topological polar surface area (TPSA) is 121 Å². The van der Waals surface area contributed by atoms with Crippen molar-refractivity contribution < 1.29 is 28.2 Å². The fourth-order valence-electron chi connectivity index (χ4n) is 1.50. The molecule has 0 bridgehead atoms. The first-order valence-electron chi connectivity index (χ1n) is 5.70. The Hall–Kier alpha value is -1.93. The zero-order valence-corrected chi connectivity index (χ0v) is 11.6. The minimum Gasteiger partial charge on any atom is -0.480 e. The number of aliphatic hydroxyl groups is 1. The molecule has 8 heteroatoms. The lowest BCUT2D eigenvalue weighted by molar-refractivity contribution is -0.139. The van der Waals surface area contributed by atoms with E-state index in [-0.39, 0.29) is 23.5 Å². The van der Waals surface area contributed by atoms with E-state index in [1.165, 1.54) is 24.3 Å². The number of nitrogens with one attached hydrogen (secondary N) is 1. The Morgan fingerprint density at radius 3 is 2.50 bits per heavy atom. The lowest BCUT2D eigenvalue weighted by Crippen LogP contribution is -2.41. The second kappa shape index (κ2) is 6.49. The van der Waals surface area contributed by atoms with Crippen molar-refractivity contribution in [3.63, 3.8) is 0 Å². The molecule has 1 aromatic rings. The molecule has 0 aliphatic rings. The van der Waals surface area contributed by atoms with Crippen LogP contribution in [-0.4, -0.2) is 49.4 Å². The van der Waals surface area contributed by atoms with E-state index in [1.54, 1.807) is 0 Å². The van der Waals surface area contributed by atoms with Gasteiger partial charge in [-0.15, -0.1) is 0 Å². The van der Waals surface area contributed by atoms with Gasteiger partial charge in [-0.05, 0) is 18.2 Å². The Labute approximate surface area is 116 Å². The van der Waals surface area contributed by atoms with Gasteiger partial charge in [-0.25, -0.2) is 13.2 Å². The number of benzene rings is 1. The van der Waals surface area contributed by atoms with Gasteiger partial charge in [0.05, 0.1) is 4.90 Å². The van der Waals surface area contributed by atoms with Gasteiger partial charge in [0.15, 0.2) is 9.84 Å². The molecular formula is C12H15NO6S. The number of aliphatic carboxylic acids is 1. The molecule has 0 spiro atoms. The summed E-state index contributed by atoms with van der Waals surface area (Å²) in [5, 5.41) is 19.8. The molecule has 0 aromatic heterocycles. The van der Waals surface area contributed by atoms with Crippen LogP contribution in [-0.2, 0) is 14.6 Å². The number of amides is 1. The summed E-state index contributed by atoms with van der Waals surface area (Å²) in [6.45, 7) is -0.388. The summed E-state index contributed by atoms with van der Waals surface area (Å²) in [7, 11) is -3.45. The average molecular weight is 301 g/mol. The lowest BCUT2D eigenvalue weighted by Gasteiger charge is -2.13. The Morgan fingerprint density at radius 2 is 2.00 bits per heavy atom. The first-order valence-corrected chi connectivity index (χ1v) is 7.59. The van der Waals surface area contributed by atoms with Crippen LogP contribution in [0.4, 0.5) is 0 Å². The van der Waals surface area contributed by atoms with Gasteiger partial charge in [0.25, 0.3) is 5.91 Å². The minimum absolute atomic E-state index is 0.0285. The predicted octanol–water partition coefficient (Wildman–Crippen LogP) is -0.345. The molecule has 1 aromatic carbocycles. The third-order valence-corrected chi connectivity index (χ3v) is 3.66. The van der Waals surface area contributed by atoms with Crippen LogP contribution in [0.2, 0.25) is 0 Å². The van der Waals surface area contributed by atoms with Crippen molar-refractivity contribution in [2.45, 2.75) is 17.4 Å². The number of aliphatic hydroxyl groups excluding tert-OH is 1. The van der Waals surface area contributed by atoms with Crippen LogP contribution in [0.15, 0.2) is 29.2 Å². The third kappa shape index (κ3) is 4.32. The summed E-state index contributed by atoms with van der Waals surface area (Å²) in [5.41, 5.74) is 0.0390. The summed E-state index contributed by atoms with van der Waals surface area (Å²) < 4.78 is 22.8. The van der Waals surface area contributed by atoms with Crippen LogP contribution in [0.5, 0.6) is 0 Å². The van der Waals surface area contributed by atoms with Crippen molar-refractivity contribution in [3.8, 4) is 0 Å². The molecule has 1 amide bonds. The maximum absolute atomic E-state index is 11.9. The van der Waals surface area contributed by atoms with Gasteiger partial charge in [-0.3, -0.25) is 4.79 Å². The van der Waals surface area contributed by atoms with E-state index in [0.29, 0.717) is 0 Å². The van der Waals surface area contributed by atoms with Crippen molar-refractivity contribution in [2.75, 3.05) is 12.9 Å². The quantitative estimate of drug-likeness (QED) is 0.660. The highest BCUT2D eigenvalue weighted by molar-refractivity contribution is 7.90. The molecule has 1 atom stereocenters. The molecule has 7 nitrogen and oxygen atoms in total. The smallest absolute Gasteiger partial charge is 0.326 e. The van der Waals surface area contributed by atoms with E-state index in [9.17, 15) is 18.0 Å². The minimum atomic E-state index is -3.45. The maximum Gasteiger partial charge on any atom is 0.326 e. The summed E-state index contributed by atoms with van der Waals surface area (Å²) in [4.78, 5) is 22.7. The van der Waals surface area contributed by atoms with E-state index in [1.807, 2.05) is 0 Å². The highest BCUT2D eigenvalue weighted by Gasteiger charge is 2.20. The van der Waals surface area contributed by atoms with Crippen molar-refractivity contribution in [1.82, 2.24) is 5.32 Å². The molecule has 20 heavy (non-hydrogen) atoms. The van der Waals surface area contributed by atoms with Crippen molar-refractivity contribution in [2.24, 2.45) is 0 Å². The molecule has 0 saturated carbocycles. The van der Waals surface area contributed by atoms with Crippen LogP contribution < -0.4 is 5.32 Å². The van der Waals surface area contributed by atoms with E-state index in [2.05, 4.69) is 5.32 Å². The second-order valence-electron chi connectivity index (χ2n) is 4.18. The fourth-order valence-corrected chi connectivity index (χ4v) is 2.16.